The van der Waals surface area contributed by atoms with Crippen LogP contribution in [0, 0.1) is 0 Å². The maximum atomic E-state index is 12.4. The van der Waals surface area contributed by atoms with Crippen LogP contribution in [0.2, 0.25) is 5.02 Å². The number of aromatic amines is 1. The largest absolute Gasteiger partial charge is 0.506 e. The molecule has 3 aromatic rings. The number of fused-ring (bicyclic) bond motifs is 1. The predicted octanol–water partition coefficient (Wildman–Crippen LogP) is 2.14. The van der Waals surface area contributed by atoms with Crippen LogP contribution in [-0.4, -0.2) is 36.5 Å². The molecule has 2 N–H and O–H groups in total. The van der Waals surface area contributed by atoms with Crippen LogP contribution in [0.4, 0.5) is 0 Å². The lowest BCUT2D eigenvalue weighted by atomic mass is 10.0. The van der Waals surface area contributed by atoms with Crippen LogP contribution in [0.25, 0.3) is 11.4 Å². The second kappa shape index (κ2) is 6.86. The van der Waals surface area contributed by atoms with Crippen molar-refractivity contribution in [1.82, 2.24) is 24.8 Å². The molecule has 3 heterocycles. The smallest absolute Gasteiger partial charge is 0.254 e. The molecule has 8 heteroatoms. The molecular weight excluding hydrogens is 354 g/mol. The standard InChI is InChI=1S/C18H16ClN5O2/c19-14-3-1-2-11(16(14)25)8-24-5-4-13-15(9-24)22-17(23-18(13)26)12-6-20-10-21-7-12/h1-3,6-7,10,25H,4-5,8-9H2,(H,22,23,26). The zero-order chi connectivity index (χ0) is 18.1. The van der Waals surface area contributed by atoms with E-state index in [0.717, 1.165) is 11.3 Å². The van der Waals surface area contributed by atoms with Gasteiger partial charge in [-0.25, -0.2) is 15.0 Å². The second-order valence-corrected chi connectivity index (χ2v) is 6.58. The minimum Gasteiger partial charge on any atom is -0.506 e. The summed E-state index contributed by atoms with van der Waals surface area (Å²) in [6, 6.07) is 5.31. The number of hydrogen-bond acceptors (Lipinski definition) is 6. The van der Waals surface area contributed by atoms with Crippen molar-refractivity contribution in [2.45, 2.75) is 19.5 Å². The monoisotopic (exact) mass is 369 g/mol. The van der Waals surface area contributed by atoms with Crippen molar-refractivity contribution in [2.24, 2.45) is 0 Å². The lowest BCUT2D eigenvalue weighted by Crippen LogP contribution is -2.35. The molecule has 0 spiro atoms. The molecule has 4 rings (SSSR count). The maximum Gasteiger partial charge on any atom is 0.254 e. The van der Waals surface area contributed by atoms with E-state index >= 15 is 0 Å². The van der Waals surface area contributed by atoms with Crippen molar-refractivity contribution in [2.75, 3.05) is 6.54 Å². The zero-order valence-electron chi connectivity index (χ0n) is 13.8. The number of hydrogen-bond donors (Lipinski definition) is 2. The van der Waals surface area contributed by atoms with Crippen molar-refractivity contribution in [3.8, 4) is 17.1 Å². The molecule has 0 saturated heterocycles. The van der Waals surface area contributed by atoms with Crippen LogP contribution in [-0.2, 0) is 19.5 Å². The average Bonchev–Trinajstić information content (AvgIpc) is 2.66. The summed E-state index contributed by atoms with van der Waals surface area (Å²) in [7, 11) is 0. The number of aromatic hydroxyl groups is 1. The Morgan fingerprint density at radius 2 is 2.08 bits per heavy atom. The Morgan fingerprint density at radius 3 is 2.88 bits per heavy atom. The minimum atomic E-state index is -0.126. The first-order chi connectivity index (χ1) is 12.6. The van der Waals surface area contributed by atoms with Gasteiger partial charge in [-0.05, 0) is 12.5 Å². The van der Waals surface area contributed by atoms with E-state index in [1.165, 1.54) is 6.33 Å². The van der Waals surface area contributed by atoms with Gasteiger partial charge in [-0.1, -0.05) is 23.7 Å². The van der Waals surface area contributed by atoms with E-state index in [1.807, 2.05) is 12.1 Å². The molecule has 0 fully saturated rings. The Balaban J connectivity index is 1.63. The van der Waals surface area contributed by atoms with Crippen LogP contribution < -0.4 is 5.56 Å². The van der Waals surface area contributed by atoms with Gasteiger partial charge in [0.1, 0.15) is 17.9 Å². The van der Waals surface area contributed by atoms with Gasteiger partial charge in [-0.3, -0.25) is 9.69 Å². The van der Waals surface area contributed by atoms with Gasteiger partial charge in [0.15, 0.2) is 0 Å². The van der Waals surface area contributed by atoms with Crippen LogP contribution >= 0.6 is 11.6 Å². The lowest BCUT2D eigenvalue weighted by Gasteiger charge is -2.28. The number of para-hydroxylation sites is 1. The molecule has 0 aliphatic carbocycles. The molecule has 0 atom stereocenters. The number of H-pyrrole nitrogens is 1. The molecule has 0 amide bonds. The number of phenols is 1. The van der Waals surface area contributed by atoms with Crippen LogP contribution in [0.15, 0.2) is 41.7 Å². The fourth-order valence-electron chi connectivity index (χ4n) is 3.12. The third kappa shape index (κ3) is 3.18. The van der Waals surface area contributed by atoms with Crippen molar-refractivity contribution in [3.05, 3.63) is 69.1 Å². The van der Waals surface area contributed by atoms with Crippen LogP contribution in [0.5, 0.6) is 5.75 Å². The summed E-state index contributed by atoms with van der Waals surface area (Å²) in [4.78, 5) is 29.9. The molecule has 0 bridgehead atoms. The number of nitrogens with zero attached hydrogens (tertiary/aromatic N) is 4. The Morgan fingerprint density at radius 1 is 1.27 bits per heavy atom. The number of benzene rings is 1. The summed E-state index contributed by atoms with van der Waals surface area (Å²) < 4.78 is 0. The van der Waals surface area contributed by atoms with E-state index in [-0.39, 0.29) is 11.3 Å². The molecule has 1 aromatic carbocycles. The summed E-state index contributed by atoms with van der Waals surface area (Å²) in [5.74, 6) is 0.558. The summed E-state index contributed by atoms with van der Waals surface area (Å²) >= 11 is 5.98. The molecule has 1 aliphatic rings. The molecule has 7 nitrogen and oxygen atoms in total. The van der Waals surface area contributed by atoms with Crippen molar-refractivity contribution in [3.63, 3.8) is 0 Å². The molecular formula is C18H16ClN5O2. The molecule has 0 radical (unpaired) electrons. The van der Waals surface area contributed by atoms with E-state index in [4.69, 9.17) is 11.6 Å². The molecule has 2 aromatic heterocycles. The van der Waals surface area contributed by atoms with Crippen molar-refractivity contribution in [1.29, 1.82) is 0 Å². The predicted molar refractivity (Wildman–Crippen MR) is 96.8 cm³/mol. The topological polar surface area (TPSA) is 95.0 Å². The number of aromatic nitrogens is 4. The van der Waals surface area contributed by atoms with Gasteiger partial charge in [-0.2, -0.15) is 0 Å². The number of phenolic OH excluding ortho intramolecular Hbond substituents is 1. The SMILES string of the molecule is O=c1[nH]c(-c2cncnc2)nc2c1CCN(Cc1cccc(Cl)c1O)C2. The number of halogens is 1. The quantitative estimate of drug-likeness (QED) is 0.734. The highest BCUT2D eigenvalue weighted by atomic mass is 35.5. The van der Waals surface area contributed by atoms with E-state index < -0.39 is 0 Å². The minimum absolute atomic E-state index is 0.0981. The Kier molecular flexibility index (Phi) is 4.40. The molecule has 0 unspecified atom stereocenters. The third-order valence-corrected chi connectivity index (χ3v) is 4.76. The van der Waals surface area contributed by atoms with E-state index in [2.05, 4.69) is 24.8 Å². The first kappa shape index (κ1) is 16.7. The van der Waals surface area contributed by atoms with E-state index in [0.29, 0.717) is 48.0 Å². The van der Waals surface area contributed by atoms with Gasteiger partial charge in [-0.15, -0.1) is 0 Å². The maximum absolute atomic E-state index is 12.4. The highest BCUT2D eigenvalue weighted by molar-refractivity contribution is 6.32. The van der Waals surface area contributed by atoms with Gasteiger partial charge >= 0.3 is 0 Å². The van der Waals surface area contributed by atoms with Crippen LogP contribution in [0.3, 0.4) is 0 Å². The first-order valence-corrected chi connectivity index (χ1v) is 8.56. The van der Waals surface area contributed by atoms with Gasteiger partial charge < -0.3 is 10.1 Å². The first-order valence-electron chi connectivity index (χ1n) is 8.18. The van der Waals surface area contributed by atoms with Crippen molar-refractivity contribution >= 4 is 11.6 Å². The fraction of sp³-hybridized carbons (Fsp3) is 0.222. The summed E-state index contributed by atoms with van der Waals surface area (Å²) in [5.41, 5.74) is 2.73. The van der Waals surface area contributed by atoms with Gasteiger partial charge in [0, 0.05) is 43.2 Å². The van der Waals surface area contributed by atoms with Crippen LogP contribution in [0.1, 0.15) is 16.8 Å². The lowest BCUT2D eigenvalue weighted by molar-refractivity contribution is 0.237. The fourth-order valence-corrected chi connectivity index (χ4v) is 3.31. The zero-order valence-corrected chi connectivity index (χ0v) is 14.6. The second-order valence-electron chi connectivity index (χ2n) is 6.18. The van der Waals surface area contributed by atoms with E-state index in [1.54, 1.807) is 18.5 Å². The normalized spacial score (nSPS) is 14.2. The summed E-state index contributed by atoms with van der Waals surface area (Å²) in [6.07, 6.45) is 5.26. The number of rotatable bonds is 3. The number of nitrogens with one attached hydrogen (secondary N) is 1. The van der Waals surface area contributed by atoms with Gasteiger partial charge in [0.05, 0.1) is 16.3 Å². The van der Waals surface area contributed by atoms with Gasteiger partial charge in [0.2, 0.25) is 0 Å². The highest BCUT2D eigenvalue weighted by Crippen LogP contribution is 2.29. The summed E-state index contributed by atoms with van der Waals surface area (Å²) in [6.45, 7) is 1.76. The summed E-state index contributed by atoms with van der Waals surface area (Å²) in [5, 5.41) is 10.5. The van der Waals surface area contributed by atoms with Gasteiger partial charge in [0.25, 0.3) is 5.56 Å². The Bertz CT molecular complexity index is 1010. The van der Waals surface area contributed by atoms with Crippen molar-refractivity contribution < 1.29 is 5.11 Å². The average molecular weight is 370 g/mol. The van der Waals surface area contributed by atoms with E-state index in [9.17, 15) is 9.90 Å². The Hall–Kier alpha value is -2.77. The molecule has 26 heavy (non-hydrogen) atoms. The molecule has 132 valence electrons. The Labute approximate surface area is 154 Å². The third-order valence-electron chi connectivity index (χ3n) is 4.45. The highest BCUT2D eigenvalue weighted by Gasteiger charge is 2.22. The molecule has 0 saturated carbocycles. The molecule has 1 aliphatic heterocycles.